The number of halogens is 1. The number of hydrogen-bond acceptors (Lipinski definition) is 3. The molecule has 1 unspecified atom stereocenters. The van der Waals surface area contributed by atoms with E-state index in [4.69, 9.17) is 11.6 Å². The molecule has 1 atom stereocenters. The summed E-state index contributed by atoms with van der Waals surface area (Å²) in [7, 11) is -2.01. The summed E-state index contributed by atoms with van der Waals surface area (Å²) in [5.74, 6) is 0. The maximum Gasteiger partial charge on any atom is 0.260 e. The number of hydrazine groups is 1. The molecular weight excluding hydrogens is 416 g/mol. The quantitative estimate of drug-likeness (QED) is 0.526. The van der Waals surface area contributed by atoms with Gasteiger partial charge in [-0.2, -0.15) is 0 Å². The van der Waals surface area contributed by atoms with E-state index in [1.807, 2.05) is 68.4 Å². The second-order valence-corrected chi connectivity index (χ2v) is 9.67. The number of allylic oxidation sites excluding steroid dienone is 1. The summed E-state index contributed by atoms with van der Waals surface area (Å²) in [6.45, 7) is 3.89. The monoisotopic (exact) mass is 438 g/mol. The molecule has 0 amide bonds. The van der Waals surface area contributed by atoms with Crippen LogP contribution in [0.2, 0.25) is 5.02 Å². The van der Waals surface area contributed by atoms with Crippen molar-refractivity contribution in [3.05, 3.63) is 106 Å². The standard InChI is InChI=1S/C24H23ClN2O2S/c1-17-9-15-22(16-10-17)30(28,29)27-24(20-11-13-21(25)14-12-20)23(18(2)26(27)3)19-7-5-4-6-8-19/h4-16,24H,1-3H3. The minimum Gasteiger partial charge on any atom is -0.298 e. The normalized spacial score (nSPS) is 17.6. The summed E-state index contributed by atoms with van der Waals surface area (Å²) >= 11 is 6.11. The molecule has 154 valence electrons. The second kappa shape index (κ2) is 7.91. The van der Waals surface area contributed by atoms with Crippen LogP contribution >= 0.6 is 11.6 Å². The van der Waals surface area contributed by atoms with Crippen molar-refractivity contribution in [2.45, 2.75) is 24.8 Å². The van der Waals surface area contributed by atoms with Gasteiger partial charge in [-0.3, -0.25) is 5.01 Å². The summed E-state index contributed by atoms with van der Waals surface area (Å²) < 4.78 is 29.0. The molecule has 0 aliphatic carbocycles. The lowest BCUT2D eigenvalue weighted by atomic mass is 9.93. The van der Waals surface area contributed by atoms with E-state index in [1.165, 1.54) is 4.41 Å². The van der Waals surface area contributed by atoms with Crippen LogP contribution in [0, 0.1) is 6.92 Å². The van der Waals surface area contributed by atoms with Gasteiger partial charge >= 0.3 is 0 Å². The SMILES string of the molecule is CC1=C(c2ccccc2)C(c2ccc(Cl)cc2)N(S(=O)(=O)c2ccc(C)cc2)N1C. The third-order valence-corrected chi connectivity index (χ3v) is 7.57. The molecule has 0 bridgehead atoms. The molecule has 3 aromatic carbocycles. The molecule has 0 fully saturated rings. The molecule has 4 rings (SSSR count). The van der Waals surface area contributed by atoms with Gasteiger partial charge in [0.25, 0.3) is 10.0 Å². The molecule has 1 aliphatic heterocycles. The maximum absolute atomic E-state index is 13.8. The average Bonchev–Trinajstić information content (AvgIpc) is 3.01. The van der Waals surface area contributed by atoms with Gasteiger partial charge in [0.2, 0.25) is 0 Å². The molecule has 1 heterocycles. The molecular formula is C24H23ClN2O2S. The molecule has 3 aromatic rings. The molecule has 1 aliphatic rings. The predicted molar refractivity (Wildman–Crippen MR) is 121 cm³/mol. The topological polar surface area (TPSA) is 40.6 Å². The lowest BCUT2D eigenvalue weighted by molar-refractivity contribution is 0.137. The Kier molecular flexibility index (Phi) is 5.45. The lowest BCUT2D eigenvalue weighted by Gasteiger charge is -2.32. The van der Waals surface area contributed by atoms with Crippen molar-refractivity contribution in [3.8, 4) is 0 Å². The molecule has 0 aromatic heterocycles. The van der Waals surface area contributed by atoms with Crippen molar-refractivity contribution in [2.24, 2.45) is 0 Å². The van der Waals surface area contributed by atoms with E-state index in [2.05, 4.69) is 0 Å². The fourth-order valence-electron chi connectivity index (χ4n) is 3.85. The third kappa shape index (κ3) is 3.54. The van der Waals surface area contributed by atoms with Gasteiger partial charge in [0.05, 0.1) is 10.9 Å². The van der Waals surface area contributed by atoms with Crippen LogP contribution in [0.25, 0.3) is 5.57 Å². The lowest BCUT2D eigenvalue weighted by Crippen LogP contribution is -2.41. The summed E-state index contributed by atoms with van der Waals surface area (Å²) in [6.07, 6.45) is 0. The Morgan fingerprint density at radius 1 is 0.833 bits per heavy atom. The van der Waals surface area contributed by atoms with Gasteiger partial charge in [-0.15, -0.1) is 0 Å². The predicted octanol–water partition coefficient (Wildman–Crippen LogP) is 5.67. The molecule has 0 N–H and O–H groups in total. The zero-order valence-corrected chi connectivity index (χ0v) is 18.7. The molecule has 30 heavy (non-hydrogen) atoms. The van der Waals surface area contributed by atoms with Crippen LogP contribution in [0.5, 0.6) is 0 Å². The Bertz CT molecular complexity index is 1190. The van der Waals surface area contributed by atoms with E-state index in [0.717, 1.165) is 28.0 Å². The van der Waals surface area contributed by atoms with Crippen LogP contribution in [-0.2, 0) is 10.0 Å². The summed E-state index contributed by atoms with van der Waals surface area (Å²) in [4.78, 5) is 0.265. The third-order valence-electron chi connectivity index (χ3n) is 5.50. The van der Waals surface area contributed by atoms with E-state index < -0.39 is 16.1 Å². The van der Waals surface area contributed by atoms with E-state index >= 15 is 0 Å². The Morgan fingerprint density at radius 2 is 1.43 bits per heavy atom. The highest BCUT2D eigenvalue weighted by atomic mass is 35.5. The number of benzene rings is 3. The first-order valence-corrected chi connectivity index (χ1v) is 11.5. The minimum absolute atomic E-state index is 0.265. The Labute approximate surface area is 183 Å². The van der Waals surface area contributed by atoms with E-state index in [9.17, 15) is 8.42 Å². The highest BCUT2D eigenvalue weighted by molar-refractivity contribution is 7.89. The molecule has 0 saturated heterocycles. The van der Waals surface area contributed by atoms with E-state index in [0.29, 0.717) is 5.02 Å². The largest absolute Gasteiger partial charge is 0.298 e. The number of hydrogen-bond donors (Lipinski definition) is 0. The highest BCUT2D eigenvalue weighted by Crippen LogP contribution is 2.47. The fourth-order valence-corrected chi connectivity index (χ4v) is 5.62. The molecule has 0 radical (unpaired) electrons. The van der Waals surface area contributed by atoms with Crippen LogP contribution in [0.4, 0.5) is 0 Å². The van der Waals surface area contributed by atoms with Crippen molar-refractivity contribution >= 4 is 27.2 Å². The van der Waals surface area contributed by atoms with Gasteiger partial charge in [-0.1, -0.05) is 76.2 Å². The number of rotatable bonds is 4. The van der Waals surface area contributed by atoms with Gasteiger partial charge in [-0.05, 0) is 49.2 Å². The summed E-state index contributed by atoms with van der Waals surface area (Å²) in [6, 6.07) is 23.7. The average molecular weight is 439 g/mol. The zero-order valence-electron chi connectivity index (χ0n) is 17.1. The van der Waals surface area contributed by atoms with Crippen molar-refractivity contribution < 1.29 is 8.42 Å². The number of aryl methyl sites for hydroxylation is 1. The maximum atomic E-state index is 13.8. The van der Waals surface area contributed by atoms with Gasteiger partial charge in [0, 0.05) is 23.3 Å². The van der Waals surface area contributed by atoms with Crippen molar-refractivity contribution in [1.29, 1.82) is 0 Å². The van der Waals surface area contributed by atoms with Gasteiger partial charge in [-0.25, -0.2) is 8.42 Å². The Balaban J connectivity index is 1.91. The first kappa shape index (κ1) is 20.7. The highest BCUT2D eigenvalue weighted by Gasteiger charge is 2.44. The van der Waals surface area contributed by atoms with Crippen LogP contribution in [-0.4, -0.2) is 24.9 Å². The van der Waals surface area contributed by atoms with E-state index in [-0.39, 0.29) is 4.90 Å². The summed E-state index contributed by atoms with van der Waals surface area (Å²) in [5, 5.41) is 2.34. The number of nitrogens with zero attached hydrogens (tertiary/aromatic N) is 2. The summed E-state index contributed by atoms with van der Waals surface area (Å²) in [5.41, 5.74) is 4.70. The minimum atomic E-state index is -3.80. The van der Waals surface area contributed by atoms with Crippen molar-refractivity contribution in [3.63, 3.8) is 0 Å². The number of sulfonamides is 1. The van der Waals surface area contributed by atoms with Gasteiger partial charge < -0.3 is 0 Å². The molecule has 4 nitrogen and oxygen atoms in total. The van der Waals surface area contributed by atoms with Crippen molar-refractivity contribution in [1.82, 2.24) is 9.42 Å². The van der Waals surface area contributed by atoms with Crippen molar-refractivity contribution in [2.75, 3.05) is 7.05 Å². The molecule has 6 heteroatoms. The van der Waals surface area contributed by atoms with Crippen LogP contribution in [0.15, 0.2) is 89.5 Å². The van der Waals surface area contributed by atoms with Gasteiger partial charge in [0.15, 0.2) is 0 Å². The Hall–Kier alpha value is -2.60. The fraction of sp³-hybridized carbons (Fsp3) is 0.167. The van der Waals surface area contributed by atoms with E-state index in [1.54, 1.807) is 36.3 Å². The second-order valence-electron chi connectivity index (χ2n) is 7.43. The smallest absolute Gasteiger partial charge is 0.260 e. The van der Waals surface area contributed by atoms with Crippen LogP contribution in [0.1, 0.15) is 29.7 Å². The molecule has 0 saturated carbocycles. The zero-order chi connectivity index (χ0) is 21.5. The van der Waals surface area contributed by atoms with Crippen LogP contribution < -0.4 is 0 Å². The Morgan fingerprint density at radius 3 is 2.03 bits per heavy atom. The first-order valence-electron chi connectivity index (χ1n) is 9.67. The van der Waals surface area contributed by atoms with Crippen LogP contribution in [0.3, 0.4) is 0 Å². The molecule has 0 spiro atoms. The first-order chi connectivity index (χ1) is 14.3. The van der Waals surface area contributed by atoms with Gasteiger partial charge in [0.1, 0.15) is 0 Å².